The maximum atomic E-state index is 10.8. The molecule has 0 saturated heterocycles. The van der Waals surface area contributed by atoms with Gasteiger partial charge in [-0.2, -0.15) is 0 Å². The van der Waals surface area contributed by atoms with Crippen molar-refractivity contribution < 1.29 is 9.90 Å². The summed E-state index contributed by atoms with van der Waals surface area (Å²) in [7, 11) is 0. The molecule has 5 heteroatoms. The van der Waals surface area contributed by atoms with Crippen molar-refractivity contribution in [2.75, 3.05) is 11.4 Å². The molecule has 0 aliphatic carbocycles. The van der Waals surface area contributed by atoms with Gasteiger partial charge in [0.2, 0.25) is 0 Å². The Balaban J connectivity index is 2.13. The molecule has 0 saturated carbocycles. The van der Waals surface area contributed by atoms with Crippen LogP contribution >= 0.6 is 11.3 Å². The molecule has 20 heavy (non-hydrogen) atoms. The maximum Gasteiger partial charge on any atom is 0.305 e. The zero-order valence-corrected chi connectivity index (χ0v) is 12.5. The lowest BCUT2D eigenvalue weighted by Crippen LogP contribution is -2.25. The molecule has 1 aromatic heterocycles. The van der Waals surface area contributed by atoms with Gasteiger partial charge in [0.05, 0.1) is 12.1 Å². The highest BCUT2D eigenvalue weighted by Gasteiger charge is 2.12. The summed E-state index contributed by atoms with van der Waals surface area (Å²) in [6.45, 7) is 5.15. The Labute approximate surface area is 122 Å². The van der Waals surface area contributed by atoms with Crippen LogP contribution in [0.2, 0.25) is 0 Å². The fourth-order valence-corrected chi connectivity index (χ4v) is 2.70. The quantitative estimate of drug-likeness (QED) is 0.887. The van der Waals surface area contributed by atoms with Gasteiger partial charge >= 0.3 is 5.97 Å². The smallest absolute Gasteiger partial charge is 0.305 e. The van der Waals surface area contributed by atoms with Crippen molar-refractivity contribution in [1.29, 1.82) is 0 Å². The van der Waals surface area contributed by atoms with Gasteiger partial charge in [0.1, 0.15) is 0 Å². The van der Waals surface area contributed by atoms with Crippen molar-refractivity contribution in [2.45, 2.75) is 26.8 Å². The lowest BCUT2D eigenvalue weighted by molar-refractivity contribution is -0.136. The predicted octanol–water partition coefficient (Wildman–Crippen LogP) is 3.24. The number of carbonyl (C=O) groups is 1. The monoisotopic (exact) mass is 290 g/mol. The van der Waals surface area contributed by atoms with E-state index in [0.717, 1.165) is 16.4 Å². The third-order valence-corrected chi connectivity index (χ3v) is 3.99. The van der Waals surface area contributed by atoms with Gasteiger partial charge < -0.3 is 10.0 Å². The number of carboxylic acid groups (broad SMARTS) is 1. The number of benzene rings is 1. The van der Waals surface area contributed by atoms with Gasteiger partial charge in [-0.1, -0.05) is 29.8 Å². The van der Waals surface area contributed by atoms with Crippen LogP contribution in [0.15, 0.2) is 29.6 Å². The fourth-order valence-electron chi connectivity index (χ4n) is 1.87. The largest absolute Gasteiger partial charge is 0.481 e. The summed E-state index contributed by atoms with van der Waals surface area (Å²) in [5.41, 5.74) is 3.35. The Morgan fingerprint density at radius 3 is 2.55 bits per heavy atom. The van der Waals surface area contributed by atoms with Crippen LogP contribution in [0.4, 0.5) is 5.13 Å². The molecule has 1 heterocycles. The summed E-state index contributed by atoms with van der Waals surface area (Å²) >= 11 is 1.55. The van der Waals surface area contributed by atoms with Crippen LogP contribution in [0, 0.1) is 13.8 Å². The summed E-state index contributed by atoms with van der Waals surface area (Å²) in [5, 5.41) is 11.7. The lowest BCUT2D eigenvalue weighted by Gasteiger charge is -2.21. The number of rotatable bonds is 6. The van der Waals surface area contributed by atoms with E-state index in [4.69, 9.17) is 5.11 Å². The number of nitrogens with zero attached hydrogens (tertiary/aromatic N) is 2. The van der Waals surface area contributed by atoms with Gasteiger partial charge in [0, 0.05) is 18.5 Å². The fraction of sp³-hybridized carbons (Fsp3) is 0.333. The van der Waals surface area contributed by atoms with Crippen molar-refractivity contribution in [2.24, 2.45) is 0 Å². The van der Waals surface area contributed by atoms with Crippen molar-refractivity contribution in [3.05, 3.63) is 46.5 Å². The molecule has 0 unspecified atom stereocenters. The molecule has 2 rings (SSSR count). The van der Waals surface area contributed by atoms with E-state index in [1.54, 1.807) is 11.3 Å². The first-order valence-electron chi connectivity index (χ1n) is 6.49. The Bertz CT molecular complexity index is 578. The number of carboxylic acids is 1. The first kappa shape index (κ1) is 14.5. The van der Waals surface area contributed by atoms with E-state index in [1.807, 2.05) is 17.2 Å². The average molecular weight is 290 g/mol. The maximum absolute atomic E-state index is 10.8. The number of anilines is 1. The Morgan fingerprint density at radius 1 is 1.30 bits per heavy atom. The topological polar surface area (TPSA) is 53.4 Å². The highest BCUT2D eigenvalue weighted by molar-refractivity contribution is 7.13. The van der Waals surface area contributed by atoms with Gasteiger partial charge in [0.15, 0.2) is 5.13 Å². The first-order valence-corrected chi connectivity index (χ1v) is 7.37. The van der Waals surface area contributed by atoms with Crippen LogP contribution in [0.5, 0.6) is 0 Å². The second-order valence-corrected chi connectivity index (χ2v) is 5.66. The Morgan fingerprint density at radius 2 is 2.00 bits per heavy atom. The number of hydrogen-bond donors (Lipinski definition) is 1. The molecule has 0 amide bonds. The Hall–Kier alpha value is -1.88. The Kier molecular flexibility index (Phi) is 4.74. The van der Waals surface area contributed by atoms with Crippen LogP contribution in [0.1, 0.15) is 23.2 Å². The van der Waals surface area contributed by atoms with Crippen molar-refractivity contribution in [3.8, 4) is 0 Å². The van der Waals surface area contributed by atoms with Gasteiger partial charge in [-0.3, -0.25) is 4.79 Å². The summed E-state index contributed by atoms with van der Waals surface area (Å²) in [4.78, 5) is 17.3. The lowest BCUT2D eigenvalue weighted by atomic mass is 10.1. The van der Waals surface area contributed by atoms with Gasteiger partial charge in [0.25, 0.3) is 0 Å². The van der Waals surface area contributed by atoms with E-state index >= 15 is 0 Å². The summed E-state index contributed by atoms with van der Waals surface area (Å²) < 4.78 is 0. The molecule has 4 nitrogen and oxygen atoms in total. The number of hydrogen-bond acceptors (Lipinski definition) is 4. The standard InChI is InChI=1S/C15H18N2O2S/c1-11-3-5-13(6-4-11)9-17(8-7-14(18)19)15-16-12(2)10-20-15/h3-6,10H,7-9H2,1-2H3,(H,18,19). The van der Waals surface area contributed by atoms with Crippen molar-refractivity contribution in [3.63, 3.8) is 0 Å². The molecule has 0 radical (unpaired) electrons. The third-order valence-electron chi connectivity index (χ3n) is 2.97. The molecule has 1 N–H and O–H groups in total. The summed E-state index contributed by atoms with van der Waals surface area (Å²) in [6, 6.07) is 8.28. The minimum absolute atomic E-state index is 0.116. The van der Waals surface area contributed by atoms with Crippen LogP contribution < -0.4 is 4.90 Å². The van der Waals surface area contributed by atoms with Crippen LogP contribution in [-0.2, 0) is 11.3 Å². The van der Waals surface area contributed by atoms with Crippen LogP contribution in [0.3, 0.4) is 0 Å². The van der Waals surface area contributed by atoms with E-state index in [2.05, 4.69) is 36.2 Å². The van der Waals surface area contributed by atoms with E-state index < -0.39 is 5.97 Å². The number of aryl methyl sites for hydroxylation is 2. The normalized spacial score (nSPS) is 10.5. The molecule has 0 bridgehead atoms. The minimum Gasteiger partial charge on any atom is -0.481 e. The first-order chi connectivity index (χ1) is 9.54. The van der Waals surface area contributed by atoms with E-state index in [0.29, 0.717) is 13.1 Å². The zero-order valence-electron chi connectivity index (χ0n) is 11.7. The second-order valence-electron chi connectivity index (χ2n) is 4.82. The molecular formula is C15H18N2O2S. The molecule has 1 aromatic carbocycles. The molecule has 0 aliphatic rings. The van der Waals surface area contributed by atoms with Crippen molar-refractivity contribution in [1.82, 2.24) is 4.98 Å². The van der Waals surface area contributed by atoms with E-state index in [9.17, 15) is 4.79 Å². The third kappa shape index (κ3) is 4.06. The highest BCUT2D eigenvalue weighted by Crippen LogP contribution is 2.22. The van der Waals surface area contributed by atoms with Crippen LogP contribution in [0.25, 0.3) is 0 Å². The van der Waals surface area contributed by atoms with Crippen LogP contribution in [-0.4, -0.2) is 22.6 Å². The van der Waals surface area contributed by atoms with E-state index in [1.165, 1.54) is 5.56 Å². The molecular weight excluding hydrogens is 272 g/mol. The summed E-state index contributed by atoms with van der Waals surface area (Å²) in [5.74, 6) is -0.785. The number of thiazole rings is 1. The molecule has 0 aliphatic heterocycles. The van der Waals surface area contributed by atoms with Crippen molar-refractivity contribution >= 4 is 22.4 Å². The highest BCUT2D eigenvalue weighted by atomic mass is 32.1. The van der Waals surface area contributed by atoms with Gasteiger partial charge in [-0.15, -0.1) is 11.3 Å². The van der Waals surface area contributed by atoms with E-state index in [-0.39, 0.29) is 6.42 Å². The molecule has 2 aromatic rings. The number of aromatic nitrogens is 1. The molecule has 0 atom stereocenters. The predicted molar refractivity (Wildman–Crippen MR) is 81.3 cm³/mol. The van der Waals surface area contributed by atoms with Gasteiger partial charge in [-0.05, 0) is 19.4 Å². The SMILES string of the molecule is Cc1ccc(CN(CCC(=O)O)c2nc(C)cs2)cc1. The number of aliphatic carboxylic acids is 1. The molecule has 106 valence electrons. The minimum atomic E-state index is -0.785. The zero-order chi connectivity index (χ0) is 14.5. The average Bonchev–Trinajstić information content (AvgIpc) is 2.83. The second kappa shape index (κ2) is 6.52. The van der Waals surface area contributed by atoms with Gasteiger partial charge in [-0.25, -0.2) is 4.98 Å². The molecule has 0 spiro atoms. The molecule has 0 fully saturated rings. The summed E-state index contributed by atoms with van der Waals surface area (Å²) in [6.07, 6.45) is 0.116.